The zero-order chi connectivity index (χ0) is 12.9. The highest BCUT2D eigenvalue weighted by atomic mass is 35.5. The van der Waals surface area contributed by atoms with E-state index >= 15 is 0 Å². The lowest BCUT2D eigenvalue weighted by atomic mass is 9.83. The molecule has 2 N–H and O–H groups in total. The first-order chi connectivity index (χ1) is 8.59. The molecular weight excluding hydrogens is 250 g/mol. The van der Waals surface area contributed by atoms with Crippen molar-refractivity contribution in [2.24, 2.45) is 0 Å². The average molecular weight is 258 g/mol. The molecule has 3 rings (SSSR count). The minimum absolute atomic E-state index is 0.191. The number of ketones is 2. The van der Waals surface area contributed by atoms with E-state index in [1.807, 2.05) is 0 Å². The summed E-state index contributed by atoms with van der Waals surface area (Å²) in [5.41, 5.74) is 7.43. The number of hydrogen-bond acceptors (Lipinski definition) is 3. The smallest absolute Gasteiger partial charge is 0.196 e. The maximum Gasteiger partial charge on any atom is 0.196 e. The summed E-state index contributed by atoms with van der Waals surface area (Å²) >= 11 is 5.86. The lowest BCUT2D eigenvalue weighted by Gasteiger charge is -2.18. The van der Waals surface area contributed by atoms with Crippen LogP contribution < -0.4 is 5.73 Å². The molecule has 0 saturated heterocycles. The van der Waals surface area contributed by atoms with E-state index in [0.29, 0.717) is 27.4 Å². The van der Waals surface area contributed by atoms with Crippen molar-refractivity contribution < 1.29 is 9.59 Å². The van der Waals surface area contributed by atoms with Crippen LogP contribution in [0.15, 0.2) is 36.4 Å². The van der Waals surface area contributed by atoms with Gasteiger partial charge in [0.05, 0.1) is 5.56 Å². The van der Waals surface area contributed by atoms with Gasteiger partial charge in [-0.3, -0.25) is 9.59 Å². The van der Waals surface area contributed by atoms with Crippen LogP contribution in [0, 0.1) is 0 Å². The zero-order valence-electron chi connectivity index (χ0n) is 9.24. The van der Waals surface area contributed by atoms with Gasteiger partial charge in [-0.25, -0.2) is 0 Å². The van der Waals surface area contributed by atoms with Gasteiger partial charge in [0.2, 0.25) is 0 Å². The summed E-state index contributed by atoms with van der Waals surface area (Å²) in [6.45, 7) is 0. The highest BCUT2D eigenvalue weighted by molar-refractivity contribution is 6.34. The fraction of sp³-hybridized carbons (Fsp3) is 0. The number of carbonyl (C=O) groups is 2. The monoisotopic (exact) mass is 257 g/mol. The summed E-state index contributed by atoms with van der Waals surface area (Å²) in [4.78, 5) is 24.6. The Balaban J connectivity index is 2.36. The van der Waals surface area contributed by atoms with Crippen molar-refractivity contribution in [3.8, 4) is 0 Å². The van der Waals surface area contributed by atoms with E-state index in [2.05, 4.69) is 0 Å². The van der Waals surface area contributed by atoms with Crippen molar-refractivity contribution >= 4 is 28.9 Å². The molecule has 0 aromatic heterocycles. The summed E-state index contributed by atoms with van der Waals surface area (Å²) in [6, 6.07) is 9.57. The van der Waals surface area contributed by atoms with Gasteiger partial charge >= 0.3 is 0 Å². The van der Waals surface area contributed by atoms with E-state index in [1.54, 1.807) is 30.3 Å². The summed E-state index contributed by atoms with van der Waals surface area (Å²) in [7, 11) is 0. The molecule has 0 unspecified atom stereocenters. The van der Waals surface area contributed by atoms with Gasteiger partial charge < -0.3 is 5.73 Å². The Morgan fingerprint density at radius 3 is 2.44 bits per heavy atom. The number of benzene rings is 2. The van der Waals surface area contributed by atoms with Crippen LogP contribution in [0.3, 0.4) is 0 Å². The molecule has 88 valence electrons. The van der Waals surface area contributed by atoms with Crippen molar-refractivity contribution in [2.75, 3.05) is 5.73 Å². The first-order valence-electron chi connectivity index (χ1n) is 5.37. The fourth-order valence-electron chi connectivity index (χ4n) is 2.19. The topological polar surface area (TPSA) is 60.2 Å². The highest BCUT2D eigenvalue weighted by Crippen LogP contribution is 2.31. The maximum absolute atomic E-state index is 12.3. The van der Waals surface area contributed by atoms with E-state index in [1.165, 1.54) is 6.07 Å². The van der Waals surface area contributed by atoms with Gasteiger partial charge in [0.15, 0.2) is 11.6 Å². The SMILES string of the molecule is Nc1cccc2c1C(=O)c1cc(Cl)ccc1C2=O. The van der Waals surface area contributed by atoms with Gasteiger partial charge in [-0.1, -0.05) is 23.7 Å². The Hall–Kier alpha value is -2.13. The predicted octanol–water partition coefficient (Wildman–Crippen LogP) is 2.70. The Morgan fingerprint density at radius 1 is 0.889 bits per heavy atom. The third kappa shape index (κ3) is 1.38. The van der Waals surface area contributed by atoms with Crippen molar-refractivity contribution in [3.63, 3.8) is 0 Å². The van der Waals surface area contributed by atoms with E-state index in [4.69, 9.17) is 17.3 Å². The largest absolute Gasteiger partial charge is 0.398 e. The Kier molecular flexibility index (Phi) is 2.25. The first-order valence-corrected chi connectivity index (χ1v) is 5.75. The van der Waals surface area contributed by atoms with E-state index in [-0.39, 0.29) is 17.1 Å². The maximum atomic E-state index is 12.3. The van der Waals surface area contributed by atoms with Gasteiger partial charge in [-0.2, -0.15) is 0 Å². The van der Waals surface area contributed by atoms with Crippen LogP contribution in [0.4, 0.5) is 5.69 Å². The Labute approximate surface area is 108 Å². The summed E-state index contributed by atoms with van der Waals surface area (Å²) in [5, 5.41) is 0.424. The van der Waals surface area contributed by atoms with Crippen LogP contribution in [0.2, 0.25) is 5.02 Å². The van der Waals surface area contributed by atoms with Gasteiger partial charge in [-0.15, -0.1) is 0 Å². The van der Waals surface area contributed by atoms with E-state index in [0.717, 1.165) is 0 Å². The molecule has 3 nitrogen and oxygen atoms in total. The van der Waals surface area contributed by atoms with Gasteiger partial charge in [0.1, 0.15) is 0 Å². The molecule has 1 aliphatic rings. The number of anilines is 1. The standard InChI is InChI=1S/C14H8ClNO2/c15-7-4-5-8-10(6-7)14(18)12-9(13(8)17)2-1-3-11(12)16/h1-6H,16H2. The molecule has 2 aromatic carbocycles. The average Bonchev–Trinajstić information content (AvgIpc) is 2.35. The van der Waals surface area contributed by atoms with Crippen molar-refractivity contribution in [1.29, 1.82) is 0 Å². The summed E-state index contributed by atoms with van der Waals surface area (Å²) in [6.07, 6.45) is 0. The number of fused-ring (bicyclic) bond motifs is 2. The van der Waals surface area contributed by atoms with Crippen LogP contribution in [0.1, 0.15) is 31.8 Å². The van der Waals surface area contributed by atoms with Crippen LogP contribution in [0.5, 0.6) is 0 Å². The lowest BCUT2D eigenvalue weighted by molar-refractivity contribution is 0.0979. The van der Waals surface area contributed by atoms with E-state index in [9.17, 15) is 9.59 Å². The molecule has 0 fully saturated rings. The molecule has 1 aliphatic carbocycles. The second-order valence-electron chi connectivity index (χ2n) is 4.12. The fourth-order valence-corrected chi connectivity index (χ4v) is 2.37. The first kappa shape index (κ1) is 11.0. The van der Waals surface area contributed by atoms with E-state index < -0.39 is 0 Å². The molecule has 0 saturated carbocycles. The van der Waals surface area contributed by atoms with Crippen LogP contribution in [-0.4, -0.2) is 11.6 Å². The molecule has 0 amide bonds. The number of rotatable bonds is 0. The molecule has 4 heteroatoms. The van der Waals surface area contributed by atoms with Crippen molar-refractivity contribution in [3.05, 3.63) is 63.7 Å². The van der Waals surface area contributed by atoms with Gasteiger partial charge in [0, 0.05) is 27.4 Å². The van der Waals surface area contributed by atoms with Crippen LogP contribution in [0.25, 0.3) is 0 Å². The zero-order valence-corrected chi connectivity index (χ0v) is 9.99. The van der Waals surface area contributed by atoms with Crippen LogP contribution >= 0.6 is 11.6 Å². The normalized spacial score (nSPS) is 13.2. The van der Waals surface area contributed by atoms with Crippen LogP contribution in [-0.2, 0) is 0 Å². The number of carbonyl (C=O) groups excluding carboxylic acids is 2. The quantitative estimate of drug-likeness (QED) is 0.630. The third-order valence-corrected chi connectivity index (χ3v) is 3.27. The number of hydrogen-bond donors (Lipinski definition) is 1. The van der Waals surface area contributed by atoms with Gasteiger partial charge in [-0.05, 0) is 24.3 Å². The van der Waals surface area contributed by atoms with Crippen molar-refractivity contribution in [2.45, 2.75) is 0 Å². The minimum atomic E-state index is -0.250. The summed E-state index contributed by atoms with van der Waals surface area (Å²) in [5.74, 6) is -0.441. The number of nitrogens with two attached hydrogens (primary N) is 1. The number of nitrogen functional groups attached to an aromatic ring is 1. The molecule has 0 bridgehead atoms. The van der Waals surface area contributed by atoms with Crippen molar-refractivity contribution in [1.82, 2.24) is 0 Å². The second-order valence-corrected chi connectivity index (χ2v) is 4.55. The second kappa shape index (κ2) is 3.68. The molecule has 0 heterocycles. The number of halogens is 1. The molecule has 0 aliphatic heterocycles. The molecule has 0 atom stereocenters. The third-order valence-electron chi connectivity index (χ3n) is 3.04. The molecule has 2 aromatic rings. The Bertz CT molecular complexity index is 707. The van der Waals surface area contributed by atoms with Gasteiger partial charge in [0.25, 0.3) is 0 Å². The summed E-state index contributed by atoms with van der Waals surface area (Å²) < 4.78 is 0. The molecule has 0 radical (unpaired) electrons. The molecular formula is C14H8ClNO2. The molecule has 0 spiro atoms. The molecule has 18 heavy (non-hydrogen) atoms. The lowest BCUT2D eigenvalue weighted by Crippen LogP contribution is -2.22. The predicted molar refractivity (Wildman–Crippen MR) is 69.2 cm³/mol. The Morgan fingerprint density at radius 2 is 1.67 bits per heavy atom. The highest BCUT2D eigenvalue weighted by Gasteiger charge is 2.30. The minimum Gasteiger partial charge on any atom is -0.398 e.